The van der Waals surface area contributed by atoms with Crippen molar-refractivity contribution in [2.24, 2.45) is 0 Å². The van der Waals surface area contributed by atoms with Gasteiger partial charge in [0.25, 0.3) is 0 Å². The topological polar surface area (TPSA) is 53.0 Å². The fourth-order valence-electron chi connectivity index (χ4n) is 2.50. The maximum Gasteiger partial charge on any atom is 0.180 e. The average Bonchev–Trinajstić information content (AvgIpc) is 2.49. The number of carbonyl (C=O) groups is 1. The summed E-state index contributed by atoms with van der Waals surface area (Å²) in [6, 6.07) is 3.98. The fourth-order valence-corrected chi connectivity index (χ4v) is 2.50. The van der Waals surface area contributed by atoms with Gasteiger partial charge in [0.15, 0.2) is 5.78 Å². The molecule has 1 fully saturated rings. The Kier molecular flexibility index (Phi) is 5.67. The van der Waals surface area contributed by atoms with Crippen LogP contribution in [-0.4, -0.2) is 73.7 Å². The van der Waals surface area contributed by atoms with Crippen molar-refractivity contribution in [1.29, 1.82) is 0 Å². The van der Waals surface area contributed by atoms with E-state index in [0.29, 0.717) is 12.3 Å². The zero-order valence-electron chi connectivity index (χ0n) is 12.2. The molecule has 0 aromatic heterocycles. The standard InChI is InChI=1S/C15H21FN2O3/c1-21-15-3-2-12(16)10-13(15)14(20)11-18-6-4-17(5-7-18)8-9-19/h2-3,10,19H,4-9,11H2,1H3. The van der Waals surface area contributed by atoms with E-state index in [0.717, 1.165) is 26.2 Å². The van der Waals surface area contributed by atoms with Gasteiger partial charge in [0.1, 0.15) is 11.6 Å². The second kappa shape index (κ2) is 7.49. The lowest BCUT2D eigenvalue weighted by Gasteiger charge is -2.33. The van der Waals surface area contributed by atoms with E-state index in [9.17, 15) is 9.18 Å². The molecule has 0 bridgehead atoms. The lowest BCUT2D eigenvalue weighted by Crippen LogP contribution is -2.48. The number of ketones is 1. The van der Waals surface area contributed by atoms with E-state index >= 15 is 0 Å². The van der Waals surface area contributed by atoms with Crippen molar-refractivity contribution in [3.8, 4) is 5.75 Å². The molecule has 5 nitrogen and oxygen atoms in total. The van der Waals surface area contributed by atoms with Gasteiger partial charge in [-0.15, -0.1) is 0 Å². The normalized spacial score (nSPS) is 16.9. The van der Waals surface area contributed by atoms with Gasteiger partial charge in [-0.3, -0.25) is 14.6 Å². The number of piperazine rings is 1. The van der Waals surface area contributed by atoms with E-state index in [-0.39, 0.29) is 24.5 Å². The molecule has 0 unspecified atom stereocenters. The minimum atomic E-state index is -0.438. The number of hydrogen-bond acceptors (Lipinski definition) is 5. The van der Waals surface area contributed by atoms with E-state index in [1.54, 1.807) is 0 Å². The second-order valence-corrected chi connectivity index (χ2v) is 5.11. The predicted molar refractivity (Wildman–Crippen MR) is 77.2 cm³/mol. The maximum atomic E-state index is 13.3. The van der Waals surface area contributed by atoms with Gasteiger partial charge in [-0.2, -0.15) is 0 Å². The quantitative estimate of drug-likeness (QED) is 0.780. The summed E-state index contributed by atoms with van der Waals surface area (Å²) < 4.78 is 18.4. The highest BCUT2D eigenvalue weighted by atomic mass is 19.1. The number of nitrogens with zero attached hydrogens (tertiary/aromatic N) is 2. The number of hydrogen-bond donors (Lipinski definition) is 1. The van der Waals surface area contributed by atoms with Crippen molar-refractivity contribution >= 4 is 5.78 Å². The highest BCUT2D eigenvalue weighted by molar-refractivity contribution is 6.00. The van der Waals surface area contributed by atoms with Crippen molar-refractivity contribution in [2.75, 3.05) is 53.0 Å². The first kappa shape index (κ1) is 15.9. The molecule has 0 saturated carbocycles. The molecule has 2 rings (SSSR count). The monoisotopic (exact) mass is 296 g/mol. The SMILES string of the molecule is COc1ccc(F)cc1C(=O)CN1CCN(CCO)CC1. The van der Waals surface area contributed by atoms with Gasteiger partial charge in [0, 0.05) is 32.7 Å². The summed E-state index contributed by atoms with van der Waals surface area (Å²) in [5, 5.41) is 8.90. The van der Waals surface area contributed by atoms with Crippen molar-refractivity contribution in [3.05, 3.63) is 29.6 Å². The summed E-state index contributed by atoms with van der Waals surface area (Å²) in [4.78, 5) is 16.5. The number of ether oxygens (including phenoxy) is 1. The Balaban J connectivity index is 1.95. The van der Waals surface area contributed by atoms with Crippen molar-refractivity contribution < 1.29 is 19.0 Å². The minimum Gasteiger partial charge on any atom is -0.496 e. The first-order valence-electron chi connectivity index (χ1n) is 7.06. The van der Waals surface area contributed by atoms with E-state index in [4.69, 9.17) is 9.84 Å². The van der Waals surface area contributed by atoms with Crippen LogP contribution >= 0.6 is 0 Å². The van der Waals surface area contributed by atoms with Gasteiger partial charge >= 0.3 is 0 Å². The van der Waals surface area contributed by atoms with Crippen molar-refractivity contribution in [3.63, 3.8) is 0 Å². The summed E-state index contributed by atoms with van der Waals surface area (Å²) in [6.45, 7) is 4.26. The Labute approximate surface area is 123 Å². The van der Waals surface area contributed by atoms with Crippen molar-refractivity contribution in [2.45, 2.75) is 0 Å². The molecule has 1 saturated heterocycles. The molecule has 1 heterocycles. The molecule has 0 amide bonds. The van der Waals surface area contributed by atoms with Crippen LogP contribution in [0.1, 0.15) is 10.4 Å². The Morgan fingerprint density at radius 1 is 1.29 bits per heavy atom. The average molecular weight is 296 g/mol. The summed E-state index contributed by atoms with van der Waals surface area (Å²) in [7, 11) is 1.47. The van der Waals surface area contributed by atoms with Gasteiger partial charge in [0.05, 0.1) is 25.8 Å². The zero-order valence-corrected chi connectivity index (χ0v) is 12.2. The van der Waals surface area contributed by atoms with Crippen LogP contribution in [0.15, 0.2) is 18.2 Å². The number of carbonyl (C=O) groups excluding carboxylic acids is 1. The van der Waals surface area contributed by atoms with Gasteiger partial charge in [-0.05, 0) is 18.2 Å². The van der Waals surface area contributed by atoms with Crippen LogP contribution in [0.25, 0.3) is 0 Å². The fraction of sp³-hybridized carbons (Fsp3) is 0.533. The second-order valence-electron chi connectivity index (χ2n) is 5.11. The molecule has 0 atom stereocenters. The molecule has 1 aliphatic heterocycles. The van der Waals surface area contributed by atoms with Crippen LogP contribution in [0.4, 0.5) is 4.39 Å². The highest BCUT2D eigenvalue weighted by Gasteiger charge is 2.21. The lowest BCUT2D eigenvalue weighted by molar-refractivity contribution is 0.0820. The number of β-amino-alcohol motifs (C(OH)–C–C–N with tert-alkyl or cyclic N) is 1. The number of halogens is 1. The first-order valence-corrected chi connectivity index (χ1v) is 7.06. The number of benzene rings is 1. The van der Waals surface area contributed by atoms with Gasteiger partial charge < -0.3 is 9.84 Å². The number of aliphatic hydroxyl groups excluding tert-OH is 1. The summed E-state index contributed by atoms with van der Waals surface area (Å²) in [5.41, 5.74) is 0.287. The number of methoxy groups -OCH3 is 1. The molecule has 0 spiro atoms. The Morgan fingerprint density at radius 2 is 1.95 bits per heavy atom. The molecule has 0 aliphatic carbocycles. The smallest absolute Gasteiger partial charge is 0.180 e. The molecule has 1 N–H and O–H groups in total. The molecule has 6 heteroatoms. The molecule has 1 aromatic carbocycles. The predicted octanol–water partition coefficient (Wildman–Crippen LogP) is 0.627. The van der Waals surface area contributed by atoms with E-state index < -0.39 is 5.82 Å². The van der Waals surface area contributed by atoms with Gasteiger partial charge in [-0.25, -0.2) is 4.39 Å². The highest BCUT2D eigenvalue weighted by Crippen LogP contribution is 2.20. The van der Waals surface area contributed by atoms with Gasteiger partial charge in [0.2, 0.25) is 0 Å². The van der Waals surface area contributed by atoms with Crippen LogP contribution in [0.2, 0.25) is 0 Å². The summed E-state index contributed by atoms with van der Waals surface area (Å²) >= 11 is 0. The van der Waals surface area contributed by atoms with Crippen LogP contribution in [0.5, 0.6) is 5.75 Å². The van der Waals surface area contributed by atoms with Crippen LogP contribution in [0, 0.1) is 5.82 Å². The Hall–Kier alpha value is -1.50. The van der Waals surface area contributed by atoms with Gasteiger partial charge in [-0.1, -0.05) is 0 Å². The maximum absolute atomic E-state index is 13.3. The Bertz CT molecular complexity index is 488. The Morgan fingerprint density at radius 3 is 2.57 bits per heavy atom. The summed E-state index contributed by atoms with van der Waals surface area (Å²) in [6.07, 6.45) is 0. The molecular weight excluding hydrogens is 275 g/mol. The van der Waals surface area contributed by atoms with E-state index in [2.05, 4.69) is 4.90 Å². The van der Waals surface area contributed by atoms with E-state index in [1.807, 2.05) is 4.90 Å². The largest absolute Gasteiger partial charge is 0.496 e. The minimum absolute atomic E-state index is 0.137. The van der Waals surface area contributed by atoms with Crippen LogP contribution in [-0.2, 0) is 0 Å². The molecular formula is C15H21FN2O3. The third-order valence-corrected chi connectivity index (χ3v) is 3.71. The molecule has 116 valence electrons. The number of rotatable bonds is 6. The number of aliphatic hydroxyl groups is 1. The van der Waals surface area contributed by atoms with Crippen LogP contribution in [0.3, 0.4) is 0 Å². The van der Waals surface area contributed by atoms with E-state index in [1.165, 1.54) is 25.3 Å². The molecule has 0 radical (unpaired) electrons. The molecule has 1 aromatic rings. The summed E-state index contributed by atoms with van der Waals surface area (Å²) in [5.74, 6) is -0.172. The molecule has 21 heavy (non-hydrogen) atoms. The third kappa shape index (κ3) is 4.23. The van der Waals surface area contributed by atoms with Crippen LogP contribution < -0.4 is 4.74 Å². The molecule has 1 aliphatic rings. The number of Topliss-reactive ketones (excluding diaryl/α,β-unsaturated/α-hetero) is 1. The van der Waals surface area contributed by atoms with Crippen molar-refractivity contribution in [1.82, 2.24) is 9.80 Å². The zero-order chi connectivity index (χ0) is 15.2. The first-order chi connectivity index (χ1) is 10.1. The lowest BCUT2D eigenvalue weighted by atomic mass is 10.1. The third-order valence-electron chi connectivity index (χ3n) is 3.71.